The van der Waals surface area contributed by atoms with Crippen molar-refractivity contribution in [3.63, 3.8) is 0 Å². The predicted molar refractivity (Wildman–Crippen MR) is 254 cm³/mol. The lowest BCUT2D eigenvalue weighted by Crippen LogP contribution is -2.28. The Kier molecular flexibility index (Phi) is 8.39. The molecule has 3 nitrogen and oxygen atoms in total. The van der Waals surface area contributed by atoms with Crippen LogP contribution in [0, 0.1) is 0 Å². The molecule has 0 saturated carbocycles. The zero-order chi connectivity index (χ0) is 41.0. The number of furan rings is 1. The molecule has 0 amide bonds. The Hall–Kier alpha value is -8.14. The summed E-state index contributed by atoms with van der Waals surface area (Å²) in [7, 11) is 0. The largest absolute Gasteiger partial charge is 0.456 e. The third-order valence-electron chi connectivity index (χ3n) is 12.6. The summed E-state index contributed by atoms with van der Waals surface area (Å²) in [5.41, 5.74) is 18.3. The summed E-state index contributed by atoms with van der Waals surface area (Å²) >= 11 is 0. The van der Waals surface area contributed by atoms with E-state index in [1.54, 1.807) is 0 Å². The van der Waals surface area contributed by atoms with E-state index < -0.39 is 5.41 Å². The molecule has 0 N–H and O–H groups in total. The molecule has 0 saturated heterocycles. The van der Waals surface area contributed by atoms with E-state index in [1.807, 2.05) is 30.3 Å². The number of aromatic nitrogens is 2. The van der Waals surface area contributed by atoms with Gasteiger partial charge >= 0.3 is 0 Å². The molecule has 2 heterocycles. The molecule has 1 aliphatic carbocycles. The van der Waals surface area contributed by atoms with Crippen LogP contribution in [0.3, 0.4) is 0 Å². The SMILES string of the molecule is c1ccc(-c2nc(-c3ccc(-c4ccc5c(c4)C(c4ccccc4)(c4ccccc4)c4ccccc4-5)cc3)cc(-c3cccc(-c4ccc5c(c4)oc4ccccc45)c3)n2)cc1. The highest BCUT2D eigenvalue weighted by Crippen LogP contribution is 2.56. The van der Waals surface area contributed by atoms with Crippen LogP contribution in [0.15, 0.2) is 235 Å². The van der Waals surface area contributed by atoms with Crippen LogP contribution in [0.5, 0.6) is 0 Å². The van der Waals surface area contributed by atoms with Crippen LogP contribution in [0.1, 0.15) is 22.3 Å². The highest BCUT2D eigenvalue weighted by atomic mass is 16.3. The number of para-hydroxylation sites is 1. The molecular weight excluding hydrogens is 753 g/mol. The fourth-order valence-electron chi connectivity index (χ4n) is 9.68. The Morgan fingerprint density at radius 1 is 0.306 bits per heavy atom. The van der Waals surface area contributed by atoms with Gasteiger partial charge in [0.1, 0.15) is 11.2 Å². The van der Waals surface area contributed by atoms with Crippen molar-refractivity contribution in [1.82, 2.24) is 9.97 Å². The lowest BCUT2D eigenvalue weighted by Gasteiger charge is -2.34. The molecule has 0 atom stereocenters. The summed E-state index contributed by atoms with van der Waals surface area (Å²) in [6.45, 7) is 0. The zero-order valence-corrected chi connectivity index (χ0v) is 33.7. The molecule has 11 aromatic rings. The van der Waals surface area contributed by atoms with Crippen molar-refractivity contribution in [3.8, 4) is 67.3 Å². The van der Waals surface area contributed by atoms with Crippen molar-refractivity contribution in [2.24, 2.45) is 0 Å². The molecule has 9 aromatic carbocycles. The van der Waals surface area contributed by atoms with Crippen molar-refractivity contribution in [3.05, 3.63) is 253 Å². The molecule has 290 valence electrons. The number of fused-ring (bicyclic) bond motifs is 6. The molecule has 2 aromatic heterocycles. The number of rotatable bonds is 7. The molecule has 1 aliphatic rings. The molecule has 62 heavy (non-hydrogen) atoms. The van der Waals surface area contributed by atoms with Crippen LogP contribution in [0.4, 0.5) is 0 Å². The van der Waals surface area contributed by atoms with Crippen LogP contribution in [-0.2, 0) is 5.41 Å². The number of benzene rings is 9. The van der Waals surface area contributed by atoms with Crippen LogP contribution in [-0.4, -0.2) is 9.97 Å². The highest BCUT2D eigenvalue weighted by molar-refractivity contribution is 6.06. The monoisotopic (exact) mass is 790 g/mol. The lowest BCUT2D eigenvalue weighted by molar-refractivity contribution is 0.669. The predicted octanol–water partition coefficient (Wildman–Crippen LogP) is 15.1. The van der Waals surface area contributed by atoms with Crippen molar-refractivity contribution >= 4 is 21.9 Å². The molecule has 12 rings (SSSR count). The standard InChI is InChI=1S/C59H38N2O/c1-4-15-41(16-5-1)58-60-54(38-55(61-58)45-18-14-17-42(35-45)44-32-34-51-50-24-11-13-26-56(50)62-57(51)37-44)40-29-27-39(28-30-40)43-31-33-49-48-23-10-12-25-52(48)59(53(49)36-43,46-19-6-2-7-20-46)47-21-8-3-9-22-47/h1-38H. The van der Waals surface area contributed by atoms with Crippen molar-refractivity contribution in [1.29, 1.82) is 0 Å². The Labute approximate surface area is 360 Å². The second-order valence-electron chi connectivity index (χ2n) is 16.1. The third-order valence-corrected chi connectivity index (χ3v) is 12.6. The smallest absolute Gasteiger partial charge is 0.160 e. The first kappa shape index (κ1) is 35.8. The number of hydrogen-bond acceptors (Lipinski definition) is 3. The van der Waals surface area contributed by atoms with Gasteiger partial charge in [-0.25, -0.2) is 9.97 Å². The van der Waals surface area contributed by atoms with Gasteiger partial charge in [0.25, 0.3) is 0 Å². The normalized spacial score (nSPS) is 12.6. The van der Waals surface area contributed by atoms with E-state index in [2.05, 4.69) is 200 Å². The summed E-state index contributed by atoms with van der Waals surface area (Å²) < 4.78 is 6.25. The van der Waals surface area contributed by atoms with Gasteiger partial charge in [0.05, 0.1) is 16.8 Å². The maximum absolute atomic E-state index is 6.25. The second kappa shape index (κ2) is 14.5. The first-order chi connectivity index (χ1) is 30.7. The fourth-order valence-corrected chi connectivity index (χ4v) is 9.68. The molecule has 0 radical (unpaired) electrons. The van der Waals surface area contributed by atoms with Gasteiger partial charge in [0, 0.05) is 27.5 Å². The number of nitrogens with zero attached hydrogens (tertiary/aromatic N) is 2. The van der Waals surface area contributed by atoms with Crippen molar-refractivity contribution in [2.75, 3.05) is 0 Å². The first-order valence-electron chi connectivity index (χ1n) is 21.1. The maximum Gasteiger partial charge on any atom is 0.160 e. The van der Waals surface area contributed by atoms with Crippen LogP contribution in [0.25, 0.3) is 89.2 Å². The molecule has 0 spiro atoms. The Morgan fingerprint density at radius 2 is 0.839 bits per heavy atom. The zero-order valence-electron chi connectivity index (χ0n) is 33.7. The number of hydrogen-bond donors (Lipinski definition) is 0. The summed E-state index contributed by atoms with van der Waals surface area (Å²) in [6.07, 6.45) is 0. The maximum atomic E-state index is 6.25. The average Bonchev–Trinajstić information content (AvgIpc) is 3.88. The lowest BCUT2D eigenvalue weighted by atomic mass is 9.67. The van der Waals surface area contributed by atoms with E-state index in [9.17, 15) is 0 Å². The topological polar surface area (TPSA) is 38.9 Å². The van der Waals surface area contributed by atoms with Crippen LogP contribution < -0.4 is 0 Å². The van der Waals surface area contributed by atoms with Gasteiger partial charge in [-0.3, -0.25) is 0 Å². The van der Waals surface area contributed by atoms with Crippen molar-refractivity contribution < 1.29 is 4.42 Å². The van der Waals surface area contributed by atoms with Crippen LogP contribution in [0.2, 0.25) is 0 Å². The highest BCUT2D eigenvalue weighted by Gasteiger charge is 2.46. The van der Waals surface area contributed by atoms with Gasteiger partial charge in [-0.1, -0.05) is 194 Å². The minimum Gasteiger partial charge on any atom is -0.456 e. The summed E-state index contributed by atoms with van der Waals surface area (Å²) in [4.78, 5) is 10.3. The van der Waals surface area contributed by atoms with Gasteiger partial charge in [0.2, 0.25) is 0 Å². The summed E-state index contributed by atoms with van der Waals surface area (Å²) in [5, 5.41) is 2.25. The Morgan fingerprint density at radius 3 is 1.61 bits per heavy atom. The Bertz CT molecular complexity index is 3400. The van der Waals surface area contributed by atoms with Crippen molar-refractivity contribution in [2.45, 2.75) is 5.41 Å². The second-order valence-corrected chi connectivity index (χ2v) is 16.1. The summed E-state index contributed by atoms with van der Waals surface area (Å²) in [5.74, 6) is 0.688. The summed E-state index contributed by atoms with van der Waals surface area (Å²) in [6, 6.07) is 82.3. The molecule has 0 bridgehead atoms. The van der Waals surface area contributed by atoms with Gasteiger partial charge in [-0.2, -0.15) is 0 Å². The van der Waals surface area contributed by atoms with E-state index in [-0.39, 0.29) is 0 Å². The minimum atomic E-state index is -0.451. The third kappa shape index (κ3) is 5.82. The molecule has 0 unspecified atom stereocenters. The molecule has 0 aliphatic heterocycles. The fraction of sp³-hybridized carbons (Fsp3) is 0.0169. The Balaban J connectivity index is 0.941. The molecular formula is C59H38N2O. The molecule has 3 heteroatoms. The van der Waals surface area contributed by atoms with E-state index in [1.165, 1.54) is 38.9 Å². The average molecular weight is 791 g/mol. The minimum absolute atomic E-state index is 0.451. The van der Waals surface area contributed by atoms with E-state index in [0.29, 0.717) is 5.82 Å². The van der Waals surface area contributed by atoms with Crippen LogP contribution >= 0.6 is 0 Å². The van der Waals surface area contributed by atoms with E-state index >= 15 is 0 Å². The first-order valence-corrected chi connectivity index (χ1v) is 21.1. The van der Waals surface area contributed by atoms with E-state index in [4.69, 9.17) is 14.4 Å². The van der Waals surface area contributed by atoms with Gasteiger partial charge < -0.3 is 4.42 Å². The quantitative estimate of drug-likeness (QED) is 0.161. The van der Waals surface area contributed by atoms with Gasteiger partial charge in [-0.05, 0) is 92.0 Å². The molecule has 0 fully saturated rings. The van der Waals surface area contributed by atoms with E-state index in [0.717, 1.165) is 66.7 Å². The van der Waals surface area contributed by atoms with Gasteiger partial charge in [0.15, 0.2) is 5.82 Å². The van der Waals surface area contributed by atoms with Gasteiger partial charge in [-0.15, -0.1) is 0 Å².